The Morgan fingerprint density at radius 3 is 2.68 bits per heavy atom. The van der Waals surface area contributed by atoms with Crippen LogP contribution in [-0.2, 0) is 16.6 Å². The summed E-state index contributed by atoms with van der Waals surface area (Å²) in [4.78, 5) is 14.5. The number of carbonyl (C=O) groups excluding carboxylic acids is 1. The lowest BCUT2D eigenvalue weighted by Crippen LogP contribution is -2.45. The molecule has 8 nitrogen and oxygen atoms in total. The number of hydrogen-bond donors (Lipinski definition) is 1. The van der Waals surface area contributed by atoms with Gasteiger partial charge in [0.15, 0.2) is 0 Å². The van der Waals surface area contributed by atoms with Crippen LogP contribution >= 0.6 is 0 Å². The van der Waals surface area contributed by atoms with E-state index in [-0.39, 0.29) is 18.5 Å². The van der Waals surface area contributed by atoms with E-state index in [0.717, 1.165) is 11.9 Å². The van der Waals surface area contributed by atoms with Gasteiger partial charge in [-0.25, -0.2) is 13.1 Å². The molecule has 1 aliphatic heterocycles. The second-order valence-corrected chi connectivity index (χ2v) is 7.79. The van der Waals surface area contributed by atoms with E-state index < -0.39 is 10.0 Å². The van der Waals surface area contributed by atoms with Crippen molar-refractivity contribution in [2.45, 2.75) is 12.6 Å². The summed E-state index contributed by atoms with van der Waals surface area (Å²) >= 11 is 0. The minimum absolute atomic E-state index is 0.112. The number of carbonyl (C=O) groups is 1. The van der Waals surface area contributed by atoms with Gasteiger partial charge in [0.25, 0.3) is 5.91 Å². The molecule has 1 N–H and O–H groups in total. The molecule has 2 heterocycles. The Kier molecular flexibility index (Phi) is 4.78. The first-order chi connectivity index (χ1) is 11.9. The Morgan fingerprint density at radius 2 is 2.04 bits per heavy atom. The van der Waals surface area contributed by atoms with Gasteiger partial charge in [-0.1, -0.05) is 0 Å². The molecule has 9 heteroatoms. The summed E-state index contributed by atoms with van der Waals surface area (Å²) in [6, 6.07) is 8.50. The maximum atomic E-state index is 12.8. The summed E-state index contributed by atoms with van der Waals surface area (Å²) < 4.78 is 32.2. The van der Waals surface area contributed by atoms with Crippen molar-refractivity contribution in [3.8, 4) is 5.75 Å². The molecule has 0 radical (unpaired) electrons. The standard InChI is InChI=1S/C16H20N4O4S/c1-24-15-5-3-12(4-6-15)16(21)19-10-13-7-8-17-20(13)14(11-19)9-18-25(2,22)23/h3-8,14,18H,9-11H2,1-2H3/t14-/m0/s1. The lowest BCUT2D eigenvalue weighted by molar-refractivity contribution is 0.0671. The minimum atomic E-state index is -3.32. The third kappa shape index (κ3) is 3.99. The zero-order valence-corrected chi connectivity index (χ0v) is 14.9. The highest BCUT2D eigenvalue weighted by molar-refractivity contribution is 7.88. The molecule has 25 heavy (non-hydrogen) atoms. The maximum Gasteiger partial charge on any atom is 0.254 e. The molecule has 2 aromatic rings. The molecule has 3 rings (SSSR count). The van der Waals surface area contributed by atoms with Gasteiger partial charge in [0.1, 0.15) is 5.75 Å². The highest BCUT2D eigenvalue weighted by atomic mass is 32.2. The molecule has 1 aromatic heterocycles. The van der Waals surface area contributed by atoms with Crippen LogP contribution in [0.2, 0.25) is 0 Å². The first kappa shape index (κ1) is 17.4. The number of benzene rings is 1. The molecule has 0 saturated carbocycles. The normalized spacial score (nSPS) is 17.2. The Labute approximate surface area is 146 Å². The molecule has 0 bridgehead atoms. The number of methoxy groups -OCH3 is 1. The second-order valence-electron chi connectivity index (χ2n) is 5.96. The highest BCUT2D eigenvalue weighted by Gasteiger charge is 2.29. The summed E-state index contributed by atoms with van der Waals surface area (Å²) in [6.45, 7) is 0.988. The van der Waals surface area contributed by atoms with Crippen LogP contribution in [0.4, 0.5) is 0 Å². The number of hydrogen-bond acceptors (Lipinski definition) is 5. The lowest BCUT2D eigenvalue weighted by atomic mass is 10.1. The number of fused-ring (bicyclic) bond motifs is 1. The number of aromatic nitrogens is 2. The van der Waals surface area contributed by atoms with Crippen molar-refractivity contribution in [2.75, 3.05) is 26.5 Å². The van der Waals surface area contributed by atoms with Gasteiger partial charge in [0.2, 0.25) is 10.0 Å². The van der Waals surface area contributed by atoms with Gasteiger partial charge in [-0.2, -0.15) is 5.10 Å². The fourth-order valence-electron chi connectivity index (χ4n) is 2.86. The summed E-state index contributed by atoms with van der Waals surface area (Å²) in [5, 5.41) is 4.26. The smallest absolute Gasteiger partial charge is 0.254 e. The number of amides is 1. The number of ether oxygens (including phenoxy) is 1. The molecule has 0 unspecified atom stereocenters. The molecule has 1 atom stereocenters. The fourth-order valence-corrected chi connectivity index (χ4v) is 3.35. The van der Waals surface area contributed by atoms with Crippen molar-refractivity contribution in [1.82, 2.24) is 19.4 Å². The van der Waals surface area contributed by atoms with Gasteiger partial charge < -0.3 is 9.64 Å². The SMILES string of the molecule is COc1ccc(C(=O)N2Cc3ccnn3[C@@H](CNS(C)(=O)=O)C2)cc1. The number of nitrogens with one attached hydrogen (secondary N) is 1. The summed E-state index contributed by atoms with van der Waals surface area (Å²) in [6.07, 6.45) is 2.77. The molecule has 1 aliphatic rings. The molecule has 1 amide bonds. The minimum Gasteiger partial charge on any atom is -0.497 e. The first-order valence-electron chi connectivity index (χ1n) is 7.78. The van der Waals surface area contributed by atoms with Gasteiger partial charge in [-0.15, -0.1) is 0 Å². The molecule has 0 aliphatic carbocycles. The molecule has 0 saturated heterocycles. The zero-order valence-electron chi connectivity index (χ0n) is 14.0. The molecule has 134 valence electrons. The van der Waals surface area contributed by atoms with Crippen molar-refractivity contribution >= 4 is 15.9 Å². The first-order valence-corrected chi connectivity index (χ1v) is 9.67. The Bertz CT molecular complexity index is 861. The molecular weight excluding hydrogens is 344 g/mol. The fraction of sp³-hybridized carbons (Fsp3) is 0.375. The van der Waals surface area contributed by atoms with Crippen molar-refractivity contribution in [3.05, 3.63) is 47.8 Å². The van der Waals surface area contributed by atoms with Crippen molar-refractivity contribution < 1.29 is 17.9 Å². The highest BCUT2D eigenvalue weighted by Crippen LogP contribution is 2.22. The van der Waals surface area contributed by atoms with E-state index >= 15 is 0 Å². The van der Waals surface area contributed by atoms with Crippen molar-refractivity contribution in [1.29, 1.82) is 0 Å². The van der Waals surface area contributed by atoms with E-state index in [0.29, 0.717) is 24.4 Å². The summed E-state index contributed by atoms with van der Waals surface area (Å²) in [7, 11) is -1.74. The van der Waals surface area contributed by atoms with E-state index in [1.807, 2.05) is 6.07 Å². The van der Waals surface area contributed by atoms with Gasteiger partial charge in [-0.05, 0) is 30.3 Å². The van der Waals surface area contributed by atoms with E-state index in [2.05, 4.69) is 9.82 Å². The predicted octanol–water partition coefficient (Wildman–Crippen LogP) is 0.638. The Balaban J connectivity index is 1.79. The quantitative estimate of drug-likeness (QED) is 0.840. The number of nitrogens with zero attached hydrogens (tertiary/aromatic N) is 3. The van der Waals surface area contributed by atoms with Crippen LogP contribution in [0.25, 0.3) is 0 Å². The van der Waals surface area contributed by atoms with E-state index in [4.69, 9.17) is 4.74 Å². The monoisotopic (exact) mass is 364 g/mol. The van der Waals surface area contributed by atoms with Crippen molar-refractivity contribution in [3.63, 3.8) is 0 Å². The average molecular weight is 364 g/mol. The lowest BCUT2D eigenvalue weighted by Gasteiger charge is -2.34. The maximum absolute atomic E-state index is 12.8. The van der Waals surface area contributed by atoms with Gasteiger partial charge in [0.05, 0.1) is 31.6 Å². The van der Waals surface area contributed by atoms with Crippen LogP contribution in [0.15, 0.2) is 36.5 Å². The number of rotatable bonds is 5. The van der Waals surface area contributed by atoms with Crippen molar-refractivity contribution in [2.24, 2.45) is 0 Å². The third-order valence-corrected chi connectivity index (χ3v) is 4.78. The summed E-state index contributed by atoms with van der Waals surface area (Å²) in [5.41, 5.74) is 1.43. The second kappa shape index (κ2) is 6.85. The van der Waals surface area contributed by atoms with Crippen LogP contribution in [0, 0.1) is 0 Å². The molecule has 0 fully saturated rings. The van der Waals surface area contributed by atoms with Gasteiger partial charge in [-0.3, -0.25) is 9.48 Å². The van der Waals surface area contributed by atoms with Crippen LogP contribution < -0.4 is 9.46 Å². The van der Waals surface area contributed by atoms with Crippen LogP contribution in [0.1, 0.15) is 22.1 Å². The van der Waals surface area contributed by atoms with Crippen LogP contribution in [0.5, 0.6) is 5.75 Å². The van der Waals surface area contributed by atoms with Crippen LogP contribution in [0.3, 0.4) is 0 Å². The van der Waals surface area contributed by atoms with Crippen LogP contribution in [-0.4, -0.2) is 55.5 Å². The average Bonchev–Trinajstić information content (AvgIpc) is 3.07. The Hall–Kier alpha value is -2.39. The molecular formula is C16H20N4O4S. The topological polar surface area (TPSA) is 93.5 Å². The summed E-state index contributed by atoms with van der Waals surface area (Å²) in [5.74, 6) is 0.572. The zero-order chi connectivity index (χ0) is 18.0. The molecule has 0 spiro atoms. The Morgan fingerprint density at radius 1 is 1.32 bits per heavy atom. The van der Waals surface area contributed by atoms with Gasteiger partial charge >= 0.3 is 0 Å². The van der Waals surface area contributed by atoms with E-state index in [9.17, 15) is 13.2 Å². The van der Waals surface area contributed by atoms with Gasteiger partial charge in [0, 0.05) is 24.8 Å². The third-order valence-electron chi connectivity index (χ3n) is 4.09. The predicted molar refractivity (Wildman–Crippen MR) is 91.8 cm³/mol. The number of sulfonamides is 1. The van der Waals surface area contributed by atoms with E-state index in [1.165, 1.54) is 0 Å². The van der Waals surface area contributed by atoms with E-state index in [1.54, 1.807) is 47.2 Å². The molecule has 1 aromatic carbocycles. The largest absolute Gasteiger partial charge is 0.497 e.